The Morgan fingerprint density at radius 3 is 2.22 bits per heavy atom. The van der Waals surface area contributed by atoms with Crippen LogP contribution in [0, 0.1) is 0 Å². The Kier molecular flexibility index (Phi) is 8.87. The first-order valence-electron chi connectivity index (χ1n) is 8.39. The lowest BCUT2D eigenvalue weighted by atomic mass is 10.2. The molecule has 0 fully saturated rings. The van der Waals surface area contributed by atoms with Crippen LogP contribution in [0.2, 0.25) is 0 Å². The van der Waals surface area contributed by atoms with E-state index in [1.54, 1.807) is 12.1 Å². The molecule has 0 aromatic heterocycles. The van der Waals surface area contributed by atoms with E-state index in [0.29, 0.717) is 18.7 Å². The lowest BCUT2D eigenvalue weighted by Gasteiger charge is -2.08. The zero-order valence-electron chi connectivity index (χ0n) is 14.1. The van der Waals surface area contributed by atoms with E-state index >= 15 is 0 Å². The van der Waals surface area contributed by atoms with E-state index in [-0.39, 0.29) is 10.8 Å². The molecular weight excluding hydrogens is 312 g/mol. The molecule has 5 nitrogen and oxygen atoms in total. The van der Waals surface area contributed by atoms with Crippen LogP contribution >= 0.6 is 0 Å². The Labute approximate surface area is 139 Å². The van der Waals surface area contributed by atoms with Crippen LogP contribution in [0.5, 0.6) is 0 Å². The lowest BCUT2D eigenvalue weighted by molar-refractivity contribution is -0.116. The van der Waals surface area contributed by atoms with Crippen molar-refractivity contribution in [3.05, 3.63) is 24.3 Å². The molecule has 0 saturated carbocycles. The van der Waals surface area contributed by atoms with Crippen LogP contribution in [-0.2, 0) is 14.8 Å². The predicted octanol–water partition coefficient (Wildman–Crippen LogP) is 3.67. The Morgan fingerprint density at radius 2 is 1.61 bits per heavy atom. The molecule has 2 N–H and O–H groups in total. The number of unbranched alkanes of at least 4 members (excludes halogenated alkanes) is 4. The highest BCUT2D eigenvalue weighted by Crippen LogP contribution is 2.14. The van der Waals surface area contributed by atoms with Gasteiger partial charge in [0.05, 0.1) is 4.90 Å². The summed E-state index contributed by atoms with van der Waals surface area (Å²) in [5.41, 5.74) is 0.619. The zero-order chi connectivity index (χ0) is 17.1. The summed E-state index contributed by atoms with van der Waals surface area (Å²) in [7, 11) is -3.47. The number of amides is 1. The number of hydrogen-bond donors (Lipinski definition) is 2. The number of rotatable bonds is 11. The monoisotopic (exact) mass is 340 g/mol. The van der Waals surface area contributed by atoms with Crippen molar-refractivity contribution in [2.45, 2.75) is 63.7 Å². The van der Waals surface area contributed by atoms with E-state index in [1.165, 1.54) is 12.1 Å². The van der Waals surface area contributed by atoms with Crippen molar-refractivity contribution in [3.63, 3.8) is 0 Å². The molecule has 0 bridgehead atoms. The average molecular weight is 340 g/mol. The molecular formula is C17H28N2O3S. The van der Waals surface area contributed by atoms with Gasteiger partial charge in [-0.2, -0.15) is 0 Å². The average Bonchev–Trinajstić information content (AvgIpc) is 2.53. The van der Waals surface area contributed by atoms with E-state index in [0.717, 1.165) is 38.5 Å². The highest BCUT2D eigenvalue weighted by molar-refractivity contribution is 7.89. The summed E-state index contributed by atoms with van der Waals surface area (Å²) in [6.07, 6.45) is 6.41. The topological polar surface area (TPSA) is 75.3 Å². The number of hydrogen-bond acceptors (Lipinski definition) is 3. The maximum Gasteiger partial charge on any atom is 0.240 e. The fourth-order valence-corrected chi connectivity index (χ4v) is 3.19. The Bertz CT molecular complexity index is 568. The molecule has 6 heteroatoms. The van der Waals surface area contributed by atoms with Crippen LogP contribution in [0.15, 0.2) is 29.2 Å². The quantitative estimate of drug-likeness (QED) is 0.603. The minimum absolute atomic E-state index is 0.0449. The summed E-state index contributed by atoms with van der Waals surface area (Å²) in [5.74, 6) is -0.0449. The van der Waals surface area contributed by atoms with Gasteiger partial charge in [0.15, 0.2) is 0 Å². The first-order chi connectivity index (χ1) is 11.0. The van der Waals surface area contributed by atoms with Crippen molar-refractivity contribution in [3.8, 4) is 0 Å². The molecule has 0 saturated heterocycles. The Morgan fingerprint density at radius 1 is 0.957 bits per heavy atom. The number of nitrogens with one attached hydrogen (secondary N) is 2. The molecule has 0 spiro atoms. The number of carbonyl (C=O) groups is 1. The molecule has 1 aromatic rings. The van der Waals surface area contributed by atoms with Crippen LogP contribution in [0.3, 0.4) is 0 Å². The van der Waals surface area contributed by atoms with Crippen LogP contribution < -0.4 is 10.0 Å². The van der Waals surface area contributed by atoms with Gasteiger partial charge in [0.1, 0.15) is 0 Å². The maximum atomic E-state index is 12.1. The SMILES string of the molecule is CCCCCCNS(=O)(=O)c1ccc(NC(=O)CCCC)cc1. The first kappa shape index (κ1) is 19.6. The van der Waals surface area contributed by atoms with Gasteiger partial charge in [0.25, 0.3) is 0 Å². The van der Waals surface area contributed by atoms with Crippen molar-refractivity contribution in [1.82, 2.24) is 4.72 Å². The predicted molar refractivity (Wildman–Crippen MR) is 93.9 cm³/mol. The van der Waals surface area contributed by atoms with E-state index in [4.69, 9.17) is 0 Å². The van der Waals surface area contributed by atoms with Gasteiger partial charge < -0.3 is 5.32 Å². The summed E-state index contributed by atoms with van der Waals surface area (Å²) in [5, 5.41) is 2.77. The fraction of sp³-hybridized carbons (Fsp3) is 0.588. The third-order valence-corrected chi connectivity index (χ3v) is 5.01. The third kappa shape index (κ3) is 7.61. The van der Waals surface area contributed by atoms with Crippen LogP contribution in [0.25, 0.3) is 0 Å². The molecule has 0 radical (unpaired) electrons. The van der Waals surface area contributed by atoms with E-state index in [1.807, 2.05) is 6.92 Å². The van der Waals surface area contributed by atoms with Gasteiger partial charge in [-0.25, -0.2) is 13.1 Å². The van der Waals surface area contributed by atoms with Crippen molar-refractivity contribution < 1.29 is 13.2 Å². The highest BCUT2D eigenvalue weighted by atomic mass is 32.2. The molecule has 1 rings (SSSR count). The molecule has 0 heterocycles. The van der Waals surface area contributed by atoms with Crippen LogP contribution in [0.1, 0.15) is 58.8 Å². The molecule has 1 amide bonds. The third-order valence-electron chi connectivity index (χ3n) is 3.53. The van der Waals surface area contributed by atoms with Gasteiger partial charge in [-0.1, -0.05) is 39.5 Å². The number of benzene rings is 1. The standard InChI is InChI=1S/C17H28N2O3S/c1-3-5-7-8-14-18-23(21,22)16-12-10-15(11-13-16)19-17(20)9-6-4-2/h10-13,18H,3-9,14H2,1-2H3,(H,19,20). The van der Waals surface area contributed by atoms with Crippen molar-refractivity contribution in [2.24, 2.45) is 0 Å². The second kappa shape index (κ2) is 10.4. The van der Waals surface area contributed by atoms with Gasteiger partial charge >= 0.3 is 0 Å². The van der Waals surface area contributed by atoms with E-state index in [9.17, 15) is 13.2 Å². The molecule has 0 unspecified atom stereocenters. The Balaban J connectivity index is 2.52. The highest BCUT2D eigenvalue weighted by Gasteiger charge is 2.13. The number of carbonyl (C=O) groups excluding carboxylic acids is 1. The summed E-state index contributed by atoms with van der Waals surface area (Å²) in [4.78, 5) is 11.9. The van der Waals surface area contributed by atoms with E-state index in [2.05, 4.69) is 17.0 Å². The molecule has 0 atom stereocenters. The molecule has 130 valence electrons. The largest absolute Gasteiger partial charge is 0.326 e. The minimum Gasteiger partial charge on any atom is -0.326 e. The summed E-state index contributed by atoms with van der Waals surface area (Å²) in [6, 6.07) is 6.28. The molecule has 0 aliphatic rings. The second-order valence-corrected chi connectivity index (χ2v) is 7.40. The molecule has 23 heavy (non-hydrogen) atoms. The van der Waals surface area contributed by atoms with Gasteiger partial charge in [-0.15, -0.1) is 0 Å². The summed E-state index contributed by atoms with van der Waals surface area (Å²) in [6.45, 7) is 4.60. The van der Waals surface area contributed by atoms with Gasteiger partial charge in [0, 0.05) is 18.7 Å². The van der Waals surface area contributed by atoms with Gasteiger partial charge in [-0.3, -0.25) is 4.79 Å². The number of sulfonamides is 1. The van der Waals surface area contributed by atoms with Crippen molar-refractivity contribution in [1.29, 1.82) is 0 Å². The second-order valence-electron chi connectivity index (χ2n) is 5.63. The fourth-order valence-electron chi connectivity index (χ4n) is 2.12. The smallest absolute Gasteiger partial charge is 0.240 e. The zero-order valence-corrected chi connectivity index (χ0v) is 14.9. The lowest BCUT2D eigenvalue weighted by Crippen LogP contribution is -2.24. The van der Waals surface area contributed by atoms with Gasteiger partial charge in [-0.05, 0) is 37.1 Å². The maximum absolute atomic E-state index is 12.1. The molecule has 0 aliphatic carbocycles. The minimum atomic E-state index is -3.47. The van der Waals surface area contributed by atoms with Crippen LogP contribution in [0.4, 0.5) is 5.69 Å². The Hall–Kier alpha value is -1.40. The first-order valence-corrected chi connectivity index (χ1v) is 9.87. The van der Waals surface area contributed by atoms with Gasteiger partial charge in [0.2, 0.25) is 15.9 Å². The molecule has 1 aromatic carbocycles. The van der Waals surface area contributed by atoms with E-state index < -0.39 is 10.0 Å². The molecule has 0 aliphatic heterocycles. The number of anilines is 1. The van der Waals surface area contributed by atoms with Crippen molar-refractivity contribution in [2.75, 3.05) is 11.9 Å². The summed E-state index contributed by atoms with van der Waals surface area (Å²) < 4.78 is 26.9. The summed E-state index contributed by atoms with van der Waals surface area (Å²) >= 11 is 0. The van der Waals surface area contributed by atoms with Crippen molar-refractivity contribution >= 4 is 21.6 Å². The van der Waals surface area contributed by atoms with Crippen LogP contribution in [-0.4, -0.2) is 20.9 Å². The normalized spacial score (nSPS) is 11.4.